The highest BCUT2D eigenvalue weighted by Crippen LogP contribution is 2.29. The first-order valence-electron chi connectivity index (χ1n) is 6.47. The van der Waals surface area contributed by atoms with E-state index in [0.717, 1.165) is 18.6 Å². The van der Waals surface area contributed by atoms with E-state index in [9.17, 15) is 9.59 Å². The van der Waals surface area contributed by atoms with Gasteiger partial charge in [-0.2, -0.15) is 0 Å². The molecule has 1 aliphatic heterocycles. The van der Waals surface area contributed by atoms with Gasteiger partial charge in [0.15, 0.2) is 0 Å². The molecular formula is C13H23NO3S. The molecule has 18 heavy (non-hydrogen) atoms. The van der Waals surface area contributed by atoms with Crippen LogP contribution in [-0.2, 0) is 9.59 Å². The Labute approximate surface area is 113 Å². The molecule has 1 aliphatic rings. The van der Waals surface area contributed by atoms with Gasteiger partial charge in [0, 0.05) is 12.1 Å². The predicted molar refractivity (Wildman–Crippen MR) is 73.8 cm³/mol. The molecule has 0 aromatic heterocycles. The molecule has 1 saturated heterocycles. The van der Waals surface area contributed by atoms with Crippen molar-refractivity contribution >= 4 is 23.6 Å². The zero-order valence-electron chi connectivity index (χ0n) is 11.4. The first-order valence-corrected chi connectivity index (χ1v) is 7.52. The van der Waals surface area contributed by atoms with Gasteiger partial charge in [-0.15, -0.1) is 11.8 Å². The van der Waals surface area contributed by atoms with Gasteiger partial charge in [-0.05, 0) is 39.4 Å². The summed E-state index contributed by atoms with van der Waals surface area (Å²) in [5.74, 6) is 0.287. The summed E-state index contributed by atoms with van der Waals surface area (Å²) in [4.78, 5) is 24.9. The maximum Gasteiger partial charge on any atom is 0.305 e. The van der Waals surface area contributed by atoms with Crippen molar-refractivity contribution in [1.82, 2.24) is 4.90 Å². The average Bonchev–Trinajstić information content (AvgIpc) is 2.28. The summed E-state index contributed by atoms with van der Waals surface area (Å²) in [6, 6.07) is 0. The Morgan fingerprint density at radius 1 is 1.33 bits per heavy atom. The molecule has 1 unspecified atom stereocenters. The van der Waals surface area contributed by atoms with Gasteiger partial charge >= 0.3 is 5.97 Å². The lowest BCUT2D eigenvalue weighted by Crippen LogP contribution is -2.50. The van der Waals surface area contributed by atoms with E-state index < -0.39 is 5.97 Å². The standard InChI is InChI=1S/C13H23NO3S/c1-13(2,3)14(8-7-11(15)16)12(17)10-6-4-5-9-18-10/h10H,4-9H2,1-3H3,(H,15,16). The first-order chi connectivity index (χ1) is 8.32. The van der Waals surface area contributed by atoms with Gasteiger partial charge in [0.05, 0.1) is 11.7 Å². The van der Waals surface area contributed by atoms with Crippen LogP contribution in [0.1, 0.15) is 46.5 Å². The van der Waals surface area contributed by atoms with Gasteiger partial charge in [0.2, 0.25) is 5.91 Å². The molecule has 1 rings (SSSR count). The van der Waals surface area contributed by atoms with Crippen molar-refractivity contribution in [3.05, 3.63) is 0 Å². The fourth-order valence-corrected chi connectivity index (χ4v) is 3.35. The van der Waals surface area contributed by atoms with E-state index in [1.165, 1.54) is 6.42 Å². The molecular weight excluding hydrogens is 250 g/mol. The SMILES string of the molecule is CC(C)(C)N(CCC(=O)O)C(=O)C1CCCCS1. The van der Waals surface area contributed by atoms with Gasteiger partial charge in [0.1, 0.15) is 0 Å². The third kappa shape index (κ3) is 4.52. The fourth-order valence-electron chi connectivity index (χ4n) is 2.09. The summed E-state index contributed by atoms with van der Waals surface area (Å²) in [6.45, 7) is 6.18. The molecule has 0 aromatic carbocycles. The molecule has 1 heterocycles. The fraction of sp³-hybridized carbons (Fsp3) is 0.846. The second kappa shape index (κ2) is 6.45. The Balaban J connectivity index is 2.68. The highest BCUT2D eigenvalue weighted by molar-refractivity contribution is 8.00. The number of hydrogen-bond donors (Lipinski definition) is 1. The molecule has 5 heteroatoms. The van der Waals surface area contributed by atoms with Crippen molar-refractivity contribution in [3.8, 4) is 0 Å². The van der Waals surface area contributed by atoms with Crippen molar-refractivity contribution < 1.29 is 14.7 Å². The van der Waals surface area contributed by atoms with Crippen molar-refractivity contribution in [1.29, 1.82) is 0 Å². The van der Waals surface area contributed by atoms with Crippen LogP contribution < -0.4 is 0 Å². The van der Waals surface area contributed by atoms with E-state index in [1.807, 2.05) is 20.8 Å². The van der Waals surface area contributed by atoms with Crippen LogP contribution in [0.5, 0.6) is 0 Å². The number of carbonyl (C=O) groups excluding carboxylic acids is 1. The van der Waals surface area contributed by atoms with E-state index in [2.05, 4.69) is 0 Å². The van der Waals surface area contributed by atoms with Crippen LogP contribution in [0.15, 0.2) is 0 Å². The molecule has 1 fully saturated rings. The molecule has 0 saturated carbocycles. The van der Waals surface area contributed by atoms with Crippen molar-refractivity contribution in [2.75, 3.05) is 12.3 Å². The van der Waals surface area contributed by atoms with Crippen LogP contribution >= 0.6 is 11.8 Å². The van der Waals surface area contributed by atoms with E-state index in [-0.39, 0.29) is 23.1 Å². The van der Waals surface area contributed by atoms with Crippen molar-refractivity contribution in [3.63, 3.8) is 0 Å². The Hall–Kier alpha value is -0.710. The number of rotatable bonds is 4. The van der Waals surface area contributed by atoms with E-state index in [4.69, 9.17) is 5.11 Å². The highest BCUT2D eigenvalue weighted by atomic mass is 32.2. The number of aliphatic carboxylic acids is 1. The summed E-state index contributed by atoms with van der Waals surface area (Å²) in [7, 11) is 0. The lowest BCUT2D eigenvalue weighted by atomic mass is 10.0. The molecule has 0 aliphatic carbocycles. The molecule has 0 radical (unpaired) electrons. The van der Waals surface area contributed by atoms with Crippen LogP contribution in [0, 0.1) is 0 Å². The highest BCUT2D eigenvalue weighted by Gasteiger charge is 2.32. The third-order valence-corrected chi connectivity index (χ3v) is 4.44. The summed E-state index contributed by atoms with van der Waals surface area (Å²) < 4.78 is 0. The Bertz CT molecular complexity index is 306. The maximum absolute atomic E-state index is 12.5. The zero-order chi connectivity index (χ0) is 13.8. The average molecular weight is 273 g/mol. The topological polar surface area (TPSA) is 57.6 Å². The minimum absolute atomic E-state index is 0.0143. The van der Waals surface area contributed by atoms with Gasteiger partial charge in [-0.3, -0.25) is 9.59 Å². The van der Waals surface area contributed by atoms with Crippen LogP contribution in [0.3, 0.4) is 0 Å². The van der Waals surface area contributed by atoms with Crippen molar-refractivity contribution in [2.24, 2.45) is 0 Å². The molecule has 1 atom stereocenters. The summed E-state index contributed by atoms with van der Waals surface area (Å²) in [5.41, 5.74) is -0.315. The van der Waals surface area contributed by atoms with Crippen LogP contribution in [0.4, 0.5) is 0 Å². The molecule has 0 aromatic rings. The minimum atomic E-state index is -0.853. The van der Waals surface area contributed by atoms with Crippen LogP contribution in [0.2, 0.25) is 0 Å². The van der Waals surface area contributed by atoms with Crippen LogP contribution in [-0.4, -0.2) is 45.0 Å². The van der Waals surface area contributed by atoms with Gasteiger partial charge < -0.3 is 10.0 Å². The monoisotopic (exact) mass is 273 g/mol. The number of nitrogens with zero attached hydrogens (tertiary/aromatic N) is 1. The lowest BCUT2D eigenvalue weighted by molar-refractivity contribution is -0.140. The number of carboxylic acids is 1. The number of thioether (sulfide) groups is 1. The van der Waals surface area contributed by atoms with Crippen LogP contribution in [0.25, 0.3) is 0 Å². The normalized spacial score (nSPS) is 20.5. The molecule has 0 bridgehead atoms. The number of hydrogen-bond acceptors (Lipinski definition) is 3. The molecule has 1 N–H and O–H groups in total. The number of carbonyl (C=O) groups is 2. The minimum Gasteiger partial charge on any atom is -0.481 e. The second-order valence-electron chi connectivity index (χ2n) is 5.66. The van der Waals surface area contributed by atoms with Gasteiger partial charge in [0.25, 0.3) is 0 Å². The quantitative estimate of drug-likeness (QED) is 0.854. The maximum atomic E-state index is 12.5. The molecule has 104 valence electrons. The number of carboxylic acid groups (broad SMARTS) is 1. The largest absolute Gasteiger partial charge is 0.481 e. The lowest BCUT2D eigenvalue weighted by Gasteiger charge is -2.38. The van der Waals surface area contributed by atoms with Gasteiger partial charge in [-0.25, -0.2) is 0 Å². The number of amides is 1. The first kappa shape index (κ1) is 15.3. The Morgan fingerprint density at radius 3 is 2.44 bits per heavy atom. The zero-order valence-corrected chi connectivity index (χ0v) is 12.3. The second-order valence-corrected chi connectivity index (χ2v) is 6.97. The molecule has 4 nitrogen and oxygen atoms in total. The van der Waals surface area contributed by atoms with Gasteiger partial charge in [-0.1, -0.05) is 6.42 Å². The van der Waals surface area contributed by atoms with E-state index >= 15 is 0 Å². The molecule has 0 spiro atoms. The smallest absolute Gasteiger partial charge is 0.305 e. The molecule has 1 amide bonds. The summed E-state index contributed by atoms with van der Waals surface area (Å²) >= 11 is 1.71. The Kier molecular flexibility index (Phi) is 5.50. The predicted octanol–water partition coefficient (Wildman–Crippen LogP) is 2.37. The Morgan fingerprint density at radius 2 is 2.00 bits per heavy atom. The van der Waals surface area contributed by atoms with E-state index in [0.29, 0.717) is 6.54 Å². The van der Waals surface area contributed by atoms with Crippen molar-refractivity contribution in [2.45, 2.75) is 57.2 Å². The summed E-state index contributed by atoms with van der Waals surface area (Å²) in [5, 5.41) is 8.80. The van der Waals surface area contributed by atoms with E-state index in [1.54, 1.807) is 16.7 Å². The summed E-state index contributed by atoms with van der Waals surface area (Å²) in [6.07, 6.45) is 3.21. The third-order valence-electron chi connectivity index (χ3n) is 3.08.